The summed E-state index contributed by atoms with van der Waals surface area (Å²) >= 11 is 3.32. The highest BCUT2D eigenvalue weighted by Gasteiger charge is 2.37. The maximum Gasteiger partial charge on any atom is 0.336 e. The molecule has 1 aliphatic rings. The summed E-state index contributed by atoms with van der Waals surface area (Å²) in [5.41, 5.74) is 1.14. The predicted octanol–water partition coefficient (Wildman–Crippen LogP) is 4.95. The number of ether oxygens (including phenoxy) is 1. The summed E-state index contributed by atoms with van der Waals surface area (Å²) in [5, 5.41) is 13.1. The van der Waals surface area contributed by atoms with Crippen molar-refractivity contribution in [3.63, 3.8) is 0 Å². The number of barbiturate groups is 1. The molecular weight excluding hydrogens is 558 g/mol. The Morgan fingerprint density at radius 1 is 1.05 bits per heavy atom. The summed E-state index contributed by atoms with van der Waals surface area (Å²) in [6.45, 7) is 1.72. The van der Waals surface area contributed by atoms with Gasteiger partial charge in [-0.15, -0.1) is 0 Å². The molecule has 1 saturated heterocycles. The summed E-state index contributed by atoms with van der Waals surface area (Å²) < 4.78 is 5.99. The van der Waals surface area contributed by atoms with Crippen molar-refractivity contribution in [3.8, 4) is 5.75 Å². The number of carbonyl (C=O) groups is 4. The van der Waals surface area contributed by atoms with E-state index in [9.17, 15) is 29.3 Å². The summed E-state index contributed by atoms with van der Waals surface area (Å²) in [5.74, 6) is -2.49. The Hall–Kier alpha value is -4.90. The highest BCUT2D eigenvalue weighted by atomic mass is 79.9. The van der Waals surface area contributed by atoms with E-state index >= 15 is 0 Å². The van der Waals surface area contributed by atoms with E-state index in [1.54, 1.807) is 43.3 Å². The van der Waals surface area contributed by atoms with Crippen LogP contribution in [-0.2, 0) is 14.4 Å². The molecule has 0 saturated carbocycles. The third kappa shape index (κ3) is 5.73. The molecule has 190 valence electrons. The Morgan fingerprint density at radius 3 is 2.55 bits per heavy atom. The van der Waals surface area contributed by atoms with Gasteiger partial charge in [-0.1, -0.05) is 46.3 Å². The molecule has 0 atom stereocenters. The highest BCUT2D eigenvalue weighted by Crippen LogP contribution is 2.29. The first-order chi connectivity index (χ1) is 18.1. The van der Waals surface area contributed by atoms with Crippen LogP contribution in [0.2, 0.25) is 0 Å². The van der Waals surface area contributed by atoms with E-state index < -0.39 is 28.7 Å². The van der Waals surface area contributed by atoms with Gasteiger partial charge in [-0.05, 0) is 54.5 Å². The molecule has 1 heterocycles. The molecule has 38 heavy (non-hydrogen) atoms. The van der Waals surface area contributed by atoms with Crippen LogP contribution < -0.4 is 15.0 Å². The number of hydrogen-bond acceptors (Lipinski definition) is 7. The lowest BCUT2D eigenvalue weighted by Gasteiger charge is -2.27. The van der Waals surface area contributed by atoms with Gasteiger partial charge in [0.05, 0.1) is 10.6 Å². The van der Waals surface area contributed by atoms with Crippen molar-refractivity contribution >= 4 is 63.3 Å². The van der Waals surface area contributed by atoms with Crippen molar-refractivity contribution < 1.29 is 28.8 Å². The standard InChI is InChI=1S/C27H18BrN3O7/c1-16-5-2-3-8-22(16)30-26(34)21(25(33)29-27(30)35)15-18-14-19(28)10-11-23(18)38-24(32)12-9-17-6-4-7-20(13-17)31(36)37/h2-15H,1H3,(H,29,33,35)/b12-9+,21-15-. The van der Waals surface area contributed by atoms with E-state index in [4.69, 9.17) is 4.74 Å². The van der Waals surface area contributed by atoms with Gasteiger partial charge in [-0.2, -0.15) is 0 Å². The number of nitrogens with one attached hydrogen (secondary N) is 1. The number of rotatable bonds is 6. The molecule has 1 N–H and O–H groups in total. The van der Waals surface area contributed by atoms with Crippen molar-refractivity contribution in [2.45, 2.75) is 6.92 Å². The Balaban J connectivity index is 1.63. The van der Waals surface area contributed by atoms with Gasteiger partial charge in [-0.3, -0.25) is 25.0 Å². The number of carbonyl (C=O) groups excluding carboxylic acids is 4. The number of non-ortho nitro benzene ring substituents is 1. The number of nitro benzene ring substituents is 1. The van der Waals surface area contributed by atoms with Crippen LogP contribution in [0.15, 0.2) is 82.9 Å². The summed E-state index contributed by atoms with van der Waals surface area (Å²) in [6, 6.07) is 16.1. The number of hydrogen-bond donors (Lipinski definition) is 1. The van der Waals surface area contributed by atoms with E-state index in [0.717, 1.165) is 11.0 Å². The average molecular weight is 576 g/mol. The maximum atomic E-state index is 13.3. The number of nitro groups is 1. The maximum absolute atomic E-state index is 13.3. The molecule has 0 aromatic heterocycles. The third-order valence-electron chi connectivity index (χ3n) is 5.43. The second-order valence-electron chi connectivity index (χ2n) is 8.03. The number of nitrogens with zero attached hydrogens (tertiary/aromatic N) is 2. The zero-order valence-electron chi connectivity index (χ0n) is 19.7. The fourth-order valence-corrected chi connectivity index (χ4v) is 4.00. The van der Waals surface area contributed by atoms with Crippen LogP contribution in [0.4, 0.5) is 16.2 Å². The first-order valence-corrected chi connectivity index (χ1v) is 11.8. The molecule has 11 heteroatoms. The van der Waals surface area contributed by atoms with Gasteiger partial charge in [0.2, 0.25) is 0 Å². The number of halogens is 1. The van der Waals surface area contributed by atoms with Gasteiger partial charge in [0.1, 0.15) is 11.3 Å². The second kappa shape index (κ2) is 11.0. The number of benzene rings is 3. The predicted molar refractivity (Wildman–Crippen MR) is 142 cm³/mol. The number of urea groups is 1. The molecule has 3 aromatic carbocycles. The van der Waals surface area contributed by atoms with Crippen LogP contribution in [-0.4, -0.2) is 28.7 Å². The normalized spacial score (nSPS) is 14.6. The lowest BCUT2D eigenvalue weighted by Crippen LogP contribution is -2.54. The topological polar surface area (TPSA) is 136 Å². The Bertz CT molecular complexity index is 1560. The van der Waals surface area contributed by atoms with Crippen molar-refractivity contribution in [1.29, 1.82) is 0 Å². The minimum Gasteiger partial charge on any atom is -0.423 e. The molecule has 3 aromatic rings. The molecule has 0 spiro atoms. The molecule has 0 aliphatic carbocycles. The lowest BCUT2D eigenvalue weighted by molar-refractivity contribution is -0.384. The highest BCUT2D eigenvalue weighted by molar-refractivity contribution is 9.10. The van der Waals surface area contributed by atoms with E-state index in [1.165, 1.54) is 42.5 Å². The van der Waals surface area contributed by atoms with Crippen molar-refractivity contribution in [2.24, 2.45) is 0 Å². The molecule has 0 unspecified atom stereocenters. The monoisotopic (exact) mass is 575 g/mol. The average Bonchev–Trinajstić information content (AvgIpc) is 2.88. The van der Waals surface area contributed by atoms with Gasteiger partial charge >= 0.3 is 12.0 Å². The lowest BCUT2D eigenvalue weighted by atomic mass is 10.1. The van der Waals surface area contributed by atoms with E-state index in [0.29, 0.717) is 21.3 Å². The zero-order chi connectivity index (χ0) is 27.4. The third-order valence-corrected chi connectivity index (χ3v) is 5.93. The number of aryl methyl sites for hydroxylation is 1. The second-order valence-corrected chi connectivity index (χ2v) is 8.95. The summed E-state index contributed by atoms with van der Waals surface area (Å²) in [7, 11) is 0. The van der Waals surface area contributed by atoms with Crippen LogP contribution in [0.5, 0.6) is 5.75 Å². The fourth-order valence-electron chi connectivity index (χ4n) is 3.62. The Morgan fingerprint density at radius 2 is 1.82 bits per heavy atom. The summed E-state index contributed by atoms with van der Waals surface area (Å²) in [4.78, 5) is 62.1. The minimum absolute atomic E-state index is 0.0364. The number of esters is 1. The van der Waals surface area contributed by atoms with Crippen LogP contribution in [0.1, 0.15) is 16.7 Å². The van der Waals surface area contributed by atoms with E-state index in [2.05, 4.69) is 21.2 Å². The number of anilines is 1. The Kier molecular flexibility index (Phi) is 7.58. The molecule has 1 fully saturated rings. The fraction of sp³-hybridized carbons (Fsp3) is 0.0370. The van der Waals surface area contributed by atoms with Gasteiger partial charge in [-0.25, -0.2) is 14.5 Å². The molecule has 0 radical (unpaired) electrons. The SMILES string of the molecule is Cc1ccccc1N1C(=O)NC(=O)/C(=C/c2cc(Br)ccc2OC(=O)/C=C/c2cccc([N+](=O)[O-])c2)C1=O. The molecule has 4 rings (SSSR count). The van der Waals surface area contributed by atoms with E-state index in [-0.39, 0.29) is 22.6 Å². The minimum atomic E-state index is -0.896. The number of amides is 4. The largest absolute Gasteiger partial charge is 0.423 e. The van der Waals surface area contributed by atoms with Crippen molar-refractivity contribution in [3.05, 3.63) is 110 Å². The molecular formula is C27H18BrN3O7. The van der Waals surface area contributed by atoms with Crippen LogP contribution >= 0.6 is 15.9 Å². The molecule has 10 nitrogen and oxygen atoms in total. The van der Waals surface area contributed by atoms with Crippen LogP contribution in [0.25, 0.3) is 12.2 Å². The molecule has 0 bridgehead atoms. The van der Waals surface area contributed by atoms with Crippen molar-refractivity contribution in [2.75, 3.05) is 4.90 Å². The van der Waals surface area contributed by atoms with Gasteiger partial charge < -0.3 is 4.74 Å². The van der Waals surface area contributed by atoms with Crippen LogP contribution in [0, 0.1) is 17.0 Å². The van der Waals surface area contributed by atoms with Crippen LogP contribution in [0.3, 0.4) is 0 Å². The van der Waals surface area contributed by atoms with E-state index in [1.807, 2.05) is 0 Å². The number of para-hydroxylation sites is 1. The first kappa shape index (κ1) is 26.2. The zero-order valence-corrected chi connectivity index (χ0v) is 21.3. The van der Waals surface area contributed by atoms with Crippen molar-refractivity contribution in [1.82, 2.24) is 5.32 Å². The smallest absolute Gasteiger partial charge is 0.336 e. The Labute approximate surface area is 224 Å². The molecule has 1 aliphatic heterocycles. The van der Waals surface area contributed by atoms with Gasteiger partial charge in [0.15, 0.2) is 0 Å². The van der Waals surface area contributed by atoms with Gasteiger partial charge in [0.25, 0.3) is 17.5 Å². The molecule has 4 amide bonds. The quantitative estimate of drug-likeness (QED) is 0.110. The number of imide groups is 2. The first-order valence-electron chi connectivity index (χ1n) is 11.0. The summed E-state index contributed by atoms with van der Waals surface area (Å²) in [6.07, 6.45) is 3.68. The van der Waals surface area contributed by atoms with Gasteiger partial charge in [0, 0.05) is 28.2 Å².